The van der Waals surface area contributed by atoms with Crippen LogP contribution in [0, 0.1) is 17.7 Å². The molecule has 4 heterocycles. The number of nitrogens with zero attached hydrogens (tertiary/aromatic N) is 4. The van der Waals surface area contributed by atoms with Crippen molar-refractivity contribution in [3.05, 3.63) is 53.8 Å². The summed E-state index contributed by atoms with van der Waals surface area (Å²) in [5.41, 5.74) is 11.9. The number of rotatable bonds is 4. The molecule has 0 bridgehead atoms. The molecule has 9 heteroatoms. The van der Waals surface area contributed by atoms with Gasteiger partial charge in [-0.3, -0.25) is 0 Å². The van der Waals surface area contributed by atoms with E-state index in [0.717, 1.165) is 52.5 Å². The molecule has 1 aromatic carbocycles. The van der Waals surface area contributed by atoms with Crippen molar-refractivity contribution in [1.82, 2.24) is 15.0 Å². The largest absolute Gasteiger partial charge is 0.463 e. The summed E-state index contributed by atoms with van der Waals surface area (Å²) in [6, 6.07) is 7.16. The van der Waals surface area contributed by atoms with Crippen molar-refractivity contribution in [3.8, 4) is 22.9 Å². The smallest absolute Gasteiger partial charge is 0.324 e. The molecule has 0 spiro atoms. The van der Waals surface area contributed by atoms with Gasteiger partial charge in [0.2, 0.25) is 0 Å². The third-order valence-corrected chi connectivity index (χ3v) is 7.09. The van der Waals surface area contributed by atoms with E-state index in [2.05, 4.69) is 15.2 Å². The zero-order valence-corrected chi connectivity index (χ0v) is 17.9. The lowest BCUT2D eigenvalue weighted by molar-refractivity contribution is 0.438. The first-order valence-corrected chi connectivity index (χ1v) is 11.0. The zero-order chi connectivity index (χ0) is 22.3. The first-order chi connectivity index (χ1) is 16.1. The fourth-order valence-corrected chi connectivity index (χ4v) is 5.33. The second-order valence-corrected chi connectivity index (χ2v) is 8.94. The molecule has 4 aromatic rings. The van der Waals surface area contributed by atoms with E-state index in [9.17, 15) is 4.39 Å². The highest BCUT2D eigenvalue weighted by Crippen LogP contribution is 2.50. The number of hydrogen-bond acceptors (Lipinski definition) is 8. The molecule has 1 saturated heterocycles. The Morgan fingerprint density at radius 3 is 2.88 bits per heavy atom. The maximum Gasteiger partial charge on any atom is 0.324 e. The van der Waals surface area contributed by atoms with Gasteiger partial charge in [0, 0.05) is 56.0 Å². The minimum atomic E-state index is -0.290. The van der Waals surface area contributed by atoms with Crippen LogP contribution in [0.15, 0.2) is 41.1 Å². The van der Waals surface area contributed by atoms with Crippen LogP contribution < -0.4 is 20.7 Å². The number of nitrogens with two attached hydrogens (primary N) is 1. The van der Waals surface area contributed by atoms with E-state index in [0.29, 0.717) is 29.6 Å². The van der Waals surface area contributed by atoms with Gasteiger partial charge in [-0.1, -0.05) is 0 Å². The Bertz CT molecular complexity index is 1420. The number of pyridine rings is 1. The first-order valence-electron chi connectivity index (χ1n) is 11.0. The number of halogens is 1. The monoisotopic (exact) mass is 444 g/mol. The average molecular weight is 444 g/mol. The number of anilines is 2. The zero-order valence-electron chi connectivity index (χ0n) is 17.9. The highest BCUT2D eigenvalue weighted by molar-refractivity contribution is 5.88. The molecule has 33 heavy (non-hydrogen) atoms. The molecule has 2 aliphatic carbocycles. The Balaban J connectivity index is 1.34. The highest BCUT2D eigenvalue weighted by atomic mass is 19.1. The second kappa shape index (κ2) is 6.64. The van der Waals surface area contributed by atoms with Crippen molar-refractivity contribution in [2.45, 2.75) is 12.5 Å². The van der Waals surface area contributed by atoms with Crippen molar-refractivity contribution in [2.75, 3.05) is 30.4 Å². The number of furan rings is 1. The number of aromatic nitrogens is 3. The van der Waals surface area contributed by atoms with Crippen LogP contribution in [-0.2, 0) is 6.42 Å². The van der Waals surface area contributed by atoms with Crippen LogP contribution in [-0.4, -0.2) is 41.1 Å². The molecule has 8 nitrogen and oxygen atoms in total. The lowest BCUT2D eigenvalue weighted by atomic mass is 10.0. The normalized spacial score (nSPS) is 22.3. The highest BCUT2D eigenvalue weighted by Gasteiger charge is 2.54. The summed E-state index contributed by atoms with van der Waals surface area (Å²) in [6.45, 7) is 1.66. The quantitative estimate of drug-likeness (QED) is 0.434. The number of fused-ring (bicyclic) bond motifs is 5. The molecule has 1 saturated carbocycles. The number of nitrogens with one attached hydrogen (secondary N) is 1. The number of ether oxygens (including phenoxy) is 1. The topological polar surface area (TPSA) is 102 Å². The number of hydrogen-bond donors (Lipinski definition) is 2. The van der Waals surface area contributed by atoms with Gasteiger partial charge < -0.3 is 25.1 Å². The van der Waals surface area contributed by atoms with Crippen molar-refractivity contribution in [3.63, 3.8) is 0 Å². The van der Waals surface area contributed by atoms with Crippen LogP contribution in [0.5, 0.6) is 11.8 Å². The lowest BCUT2D eigenvalue weighted by Crippen LogP contribution is -2.29. The number of benzene rings is 1. The molecule has 166 valence electrons. The van der Waals surface area contributed by atoms with Gasteiger partial charge in [0.25, 0.3) is 0 Å². The second-order valence-electron chi connectivity index (χ2n) is 8.94. The molecule has 7 rings (SSSR count). The molecule has 1 aliphatic heterocycles. The Morgan fingerprint density at radius 2 is 2.06 bits per heavy atom. The maximum absolute atomic E-state index is 14.4. The van der Waals surface area contributed by atoms with Crippen LogP contribution in [0.2, 0.25) is 0 Å². The van der Waals surface area contributed by atoms with Crippen molar-refractivity contribution >= 4 is 22.6 Å². The van der Waals surface area contributed by atoms with Gasteiger partial charge in [-0.15, -0.1) is 0 Å². The van der Waals surface area contributed by atoms with E-state index in [1.807, 2.05) is 0 Å². The fourth-order valence-electron chi connectivity index (χ4n) is 5.33. The third kappa shape index (κ3) is 2.82. The minimum absolute atomic E-state index is 0.237. The molecule has 3 N–H and O–H groups in total. The summed E-state index contributed by atoms with van der Waals surface area (Å²) in [7, 11) is 1.80. The Hall–Kier alpha value is -3.72. The Labute approximate surface area is 188 Å². The van der Waals surface area contributed by atoms with Crippen LogP contribution in [0.3, 0.4) is 0 Å². The van der Waals surface area contributed by atoms with Gasteiger partial charge in [0.05, 0.1) is 18.2 Å². The van der Waals surface area contributed by atoms with Crippen molar-refractivity contribution in [1.29, 1.82) is 0 Å². The predicted molar refractivity (Wildman–Crippen MR) is 121 cm³/mol. The summed E-state index contributed by atoms with van der Waals surface area (Å²) in [5, 5.41) is 3.11. The van der Waals surface area contributed by atoms with Crippen LogP contribution >= 0.6 is 0 Å². The van der Waals surface area contributed by atoms with Crippen molar-refractivity contribution < 1.29 is 13.5 Å². The summed E-state index contributed by atoms with van der Waals surface area (Å²) in [5.74, 6) is 1.93. The van der Waals surface area contributed by atoms with Gasteiger partial charge in [-0.05, 0) is 35.1 Å². The maximum atomic E-state index is 14.4. The van der Waals surface area contributed by atoms with E-state index in [1.165, 1.54) is 6.07 Å². The molecule has 2 atom stereocenters. The van der Waals surface area contributed by atoms with Gasteiger partial charge >= 0.3 is 6.01 Å². The van der Waals surface area contributed by atoms with Crippen molar-refractivity contribution in [2.24, 2.45) is 17.6 Å². The van der Waals surface area contributed by atoms with E-state index >= 15 is 0 Å². The molecule has 2 unspecified atom stereocenters. The van der Waals surface area contributed by atoms with Gasteiger partial charge in [-0.25, -0.2) is 9.37 Å². The van der Waals surface area contributed by atoms with E-state index in [4.69, 9.17) is 24.9 Å². The molecule has 2 fully saturated rings. The van der Waals surface area contributed by atoms with Gasteiger partial charge in [0.1, 0.15) is 17.2 Å². The SMILES string of the molecule is CNc1cc(F)cc2c1Cc1nc(Oc3cnc4ccoc4c3)nc(N3CC4C(N)C4C3)c1-2. The fraction of sp³-hybridized carbons (Fsp3) is 0.292. The first kappa shape index (κ1) is 18.8. The predicted octanol–water partition coefficient (Wildman–Crippen LogP) is 3.56. The van der Waals surface area contributed by atoms with Crippen LogP contribution in [0.4, 0.5) is 15.9 Å². The standard InChI is InChI=1S/C24H21FN6O2/c1-27-18-5-11(25)4-14-13(18)7-19-21(14)23(31-9-15-16(10-31)22(15)26)30-24(29-19)33-12-6-20-17(28-8-12)2-3-32-20/h2-6,8,15-16,22,27H,7,9-10,26H2,1H3. The Morgan fingerprint density at radius 1 is 1.21 bits per heavy atom. The van der Waals surface area contributed by atoms with Crippen LogP contribution in [0.25, 0.3) is 22.2 Å². The summed E-state index contributed by atoms with van der Waals surface area (Å²) in [4.78, 5) is 16.1. The molecule has 3 aromatic heterocycles. The summed E-state index contributed by atoms with van der Waals surface area (Å²) >= 11 is 0. The van der Waals surface area contributed by atoms with E-state index < -0.39 is 0 Å². The van der Waals surface area contributed by atoms with Gasteiger partial charge in [0.15, 0.2) is 11.3 Å². The minimum Gasteiger partial charge on any atom is -0.463 e. The van der Waals surface area contributed by atoms with Crippen LogP contribution in [0.1, 0.15) is 11.3 Å². The molecule has 0 amide bonds. The summed E-state index contributed by atoms with van der Waals surface area (Å²) in [6.07, 6.45) is 3.79. The van der Waals surface area contributed by atoms with Gasteiger partial charge in [-0.2, -0.15) is 9.97 Å². The molecular formula is C24H21FN6O2. The average Bonchev–Trinajstić information content (AvgIpc) is 3.29. The number of piperidine rings is 1. The lowest BCUT2D eigenvalue weighted by Gasteiger charge is -2.23. The molecular weight excluding hydrogens is 423 g/mol. The van der Waals surface area contributed by atoms with E-state index in [-0.39, 0.29) is 17.9 Å². The molecule has 3 aliphatic rings. The third-order valence-electron chi connectivity index (χ3n) is 7.09. The summed E-state index contributed by atoms with van der Waals surface area (Å²) < 4.78 is 25.9. The molecule has 0 radical (unpaired) electrons. The Kier molecular flexibility index (Phi) is 3.79. The van der Waals surface area contributed by atoms with E-state index in [1.54, 1.807) is 37.7 Å².